The van der Waals surface area contributed by atoms with Crippen molar-refractivity contribution in [1.29, 1.82) is 0 Å². The van der Waals surface area contributed by atoms with Gasteiger partial charge in [-0.1, -0.05) is 6.07 Å². The first-order valence-electron chi connectivity index (χ1n) is 5.81. The van der Waals surface area contributed by atoms with Crippen LogP contribution in [0.4, 0.5) is 0 Å². The Hall–Kier alpha value is -2.47. The molecule has 4 rings (SSSR count). The molecule has 0 aromatic carbocycles. The largest absolute Gasteiger partial charge is 0.291 e. The maximum Gasteiger partial charge on any atom is 0.255 e. The molecule has 5 nitrogen and oxygen atoms in total. The van der Waals surface area contributed by atoms with Crippen LogP contribution >= 0.6 is 11.3 Å². The fourth-order valence-corrected chi connectivity index (χ4v) is 2.71. The van der Waals surface area contributed by atoms with Crippen LogP contribution in [0.5, 0.6) is 0 Å². The summed E-state index contributed by atoms with van der Waals surface area (Å²) in [7, 11) is 0. The molecular formula is C13H9N5S. The molecule has 6 heteroatoms. The number of fused-ring (bicyclic) bond motifs is 1. The van der Waals surface area contributed by atoms with Crippen LogP contribution in [-0.4, -0.2) is 24.1 Å². The summed E-state index contributed by atoms with van der Waals surface area (Å²) in [6, 6.07) is 9.93. The molecule has 4 heterocycles. The topological polar surface area (TPSA) is 48.0 Å². The minimum Gasteiger partial charge on any atom is -0.291 e. The fourth-order valence-electron chi connectivity index (χ4n) is 1.97. The molecule has 0 aliphatic rings. The van der Waals surface area contributed by atoms with Gasteiger partial charge in [-0.25, -0.2) is 4.98 Å². The van der Waals surface area contributed by atoms with Crippen LogP contribution in [-0.2, 0) is 0 Å². The lowest BCUT2D eigenvalue weighted by molar-refractivity contribution is 0.890. The minimum atomic E-state index is 0.606. The zero-order valence-corrected chi connectivity index (χ0v) is 10.7. The number of nitrogens with zero attached hydrogens (tertiary/aromatic N) is 5. The Labute approximate surface area is 112 Å². The van der Waals surface area contributed by atoms with Crippen LogP contribution in [0.1, 0.15) is 0 Å². The number of rotatable bonds is 2. The van der Waals surface area contributed by atoms with Gasteiger partial charge < -0.3 is 0 Å². The summed E-state index contributed by atoms with van der Waals surface area (Å²) in [6.07, 6.45) is 5.59. The zero-order chi connectivity index (χ0) is 12.7. The Balaban J connectivity index is 1.97. The first-order chi connectivity index (χ1) is 9.42. The average Bonchev–Trinajstić information content (AvgIpc) is 3.18. The van der Waals surface area contributed by atoms with Crippen molar-refractivity contribution in [3.8, 4) is 16.5 Å². The number of aromatic nitrogens is 5. The van der Waals surface area contributed by atoms with Gasteiger partial charge in [-0.3, -0.25) is 4.57 Å². The fraction of sp³-hybridized carbons (Fsp3) is 0. The molecular weight excluding hydrogens is 258 g/mol. The molecule has 0 aliphatic carbocycles. The molecule has 0 spiro atoms. The van der Waals surface area contributed by atoms with Crippen molar-refractivity contribution < 1.29 is 0 Å². The summed E-state index contributed by atoms with van der Waals surface area (Å²) in [5.74, 6) is 1.23. The van der Waals surface area contributed by atoms with E-state index in [1.807, 2.05) is 46.6 Å². The Morgan fingerprint density at radius 1 is 1.05 bits per heavy atom. The molecule has 0 N–H and O–H groups in total. The molecule has 4 aromatic heterocycles. The van der Waals surface area contributed by atoms with Gasteiger partial charge in [0, 0.05) is 18.6 Å². The van der Waals surface area contributed by atoms with Gasteiger partial charge in [-0.2, -0.15) is 9.50 Å². The average molecular weight is 267 g/mol. The lowest BCUT2D eigenvalue weighted by Crippen LogP contribution is -1.96. The normalized spacial score (nSPS) is 11.2. The second-order valence-corrected chi connectivity index (χ2v) is 4.97. The summed E-state index contributed by atoms with van der Waals surface area (Å²) in [4.78, 5) is 9.85. The van der Waals surface area contributed by atoms with E-state index in [0.717, 1.165) is 10.6 Å². The van der Waals surface area contributed by atoms with Crippen LogP contribution in [0, 0.1) is 0 Å². The van der Waals surface area contributed by atoms with Crippen molar-refractivity contribution in [2.75, 3.05) is 0 Å². The third kappa shape index (κ3) is 1.65. The molecule has 0 bridgehead atoms. The van der Waals surface area contributed by atoms with Gasteiger partial charge >= 0.3 is 0 Å². The van der Waals surface area contributed by atoms with Crippen LogP contribution < -0.4 is 0 Å². The summed E-state index contributed by atoms with van der Waals surface area (Å²) in [5, 5.41) is 6.57. The first-order valence-corrected chi connectivity index (χ1v) is 6.69. The van der Waals surface area contributed by atoms with Gasteiger partial charge in [0.2, 0.25) is 0 Å². The Bertz CT molecular complexity index is 814. The van der Waals surface area contributed by atoms with Gasteiger partial charge in [0.05, 0.1) is 10.6 Å². The standard InChI is InChI=1S/C13H9N5S/c1-2-8-17(7-1)13-15-12-14-6-5-10(18(12)16-13)11-4-3-9-19-11/h1-9H. The minimum absolute atomic E-state index is 0.606. The third-order valence-corrected chi connectivity index (χ3v) is 3.73. The van der Waals surface area contributed by atoms with Crippen LogP contribution in [0.25, 0.3) is 22.3 Å². The lowest BCUT2D eigenvalue weighted by Gasteiger charge is -1.99. The molecule has 0 fully saturated rings. The van der Waals surface area contributed by atoms with Crippen molar-refractivity contribution in [3.05, 3.63) is 54.3 Å². The SMILES string of the molecule is c1csc(-c2ccnc3nc(-n4cccc4)nn23)c1. The molecule has 92 valence electrons. The van der Waals surface area contributed by atoms with Crippen LogP contribution in [0.3, 0.4) is 0 Å². The number of hydrogen-bond donors (Lipinski definition) is 0. The monoisotopic (exact) mass is 267 g/mol. The van der Waals surface area contributed by atoms with Gasteiger partial charge in [0.15, 0.2) is 0 Å². The van der Waals surface area contributed by atoms with E-state index < -0.39 is 0 Å². The highest BCUT2D eigenvalue weighted by Gasteiger charge is 2.10. The van der Waals surface area contributed by atoms with Gasteiger partial charge in [-0.15, -0.1) is 16.4 Å². The molecule has 0 saturated carbocycles. The molecule has 19 heavy (non-hydrogen) atoms. The van der Waals surface area contributed by atoms with Crippen LogP contribution in [0.2, 0.25) is 0 Å². The van der Waals surface area contributed by atoms with Gasteiger partial charge in [0.25, 0.3) is 11.7 Å². The predicted octanol–water partition coefficient (Wildman–Crippen LogP) is 2.64. The summed E-state index contributed by atoms with van der Waals surface area (Å²) >= 11 is 1.67. The Kier molecular flexibility index (Phi) is 2.22. The third-order valence-electron chi connectivity index (χ3n) is 2.84. The molecule has 0 saturated heterocycles. The molecule has 0 radical (unpaired) electrons. The second kappa shape index (κ2) is 4.03. The smallest absolute Gasteiger partial charge is 0.255 e. The molecule has 0 amide bonds. The number of hydrogen-bond acceptors (Lipinski definition) is 4. The quantitative estimate of drug-likeness (QED) is 0.561. The predicted molar refractivity (Wildman–Crippen MR) is 73.4 cm³/mol. The van der Waals surface area contributed by atoms with E-state index in [-0.39, 0.29) is 0 Å². The van der Waals surface area contributed by atoms with E-state index in [9.17, 15) is 0 Å². The van der Waals surface area contributed by atoms with Crippen molar-refractivity contribution in [1.82, 2.24) is 24.1 Å². The first kappa shape index (κ1) is 10.5. The summed E-state index contributed by atoms with van der Waals surface area (Å²) in [5.41, 5.74) is 1.01. The highest BCUT2D eigenvalue weighted by atomic mass is 32.1. The maximum absolute atomic E-state index is 4.52. The van der Waals surface area contributed by atoms with Crippen LogP contribution in [0.15, 0.2) is 54.3 Å². The highest BCUT2D eigenvalue weighted by molar-refractivity contribution is 7.13. The number of thiophene rings is 1. The van der Waals surface area contributed by atoms with Gasteiger partial charge in [-0.05, 0) is 29.6 Å². The van der Waals surface area contributed by atoms with E-state index >= 15 is 0 Å². The van der Waals surface area contributed by atoms with E-state index in [4.69, 9.17) is 0 Å². The maximum atomic E-state index is 4.52. The second-order valence-electron chi connectivity index (χ2n) is 4.02. The van der Waals surface area contributed by atoms with Crippen molar-refractivity contribution in [2.24, 2.45) is 0 Å². The van der Waals surface area contributed by atoms with E-state index in [2.05, 4.69) is 21.1 Å². The summed E-state index contributed by atoms with van der Waals surface area (Å²) < 4.78 is 3.65. The summed E-state index contributed by atoms with van der Waals surface area (Å²) in [6.45, 7) is 0. The molecule has 4 aromatic rings. The van der Waals surface area contributed by atoms with E-state index in [1.54, 1.807) is 22.0 Å². The molecule has 0 aliphatic heterocycles. The molecule has 0 atom stereocenters. The van der Waals surface area contributed by atoms with Gasteiger partial charge in [0.1, 0.15) is 0 Å². The zero-order valence-electron chi connectivity index (χ0n) is 9.84. The highest BCUT2D eigenvalue weighted by Crippen LogP contribution is 2.24. The molecule has 0 unspecified atom stereocenters. The van der Waals surface area contributed by atoms with Crippen molar-refractivity contribution in [3.63, 3.8) is 0 Å². The Morgan fingerprint density at radius 2 is 1.95 bits per heavy atom. The van der Waals surface area contributed by atoms with E-state index in [0.29, 0.717) is 11.7 Å². The van der Waals surface area contributed by atoms with Crippen molar-refractivity contribution in [2.45, 2.75) is 0 Å². The lowest BCUT2D eigenvalue weighted by atomic mass is 10.3. The van der Waals surface area contributed by atoms with Crippen molar-refractivity contribution >= 4 is 17.1 Å². The van der Waals surface area contributed by atoms with E-state index in [1.165, 1.54) is 0 Å². The Morgan fingerprint density at radius 3 is 2.74 bits per heavy atom.